The van der Waals surface area contributed by atoms with E-state index in [1.54, 1.807) is 6.92 Å². The first kappa shape index (κ1) is 17.7. The number of aliphatic hydroxyl groups is 2. The lowest BCUT2D eigenvalue weighted by atomic mass is 9.50. The van der Waals surface area contributed by atoms with Crippen LogP contribution in [0.1, 0.15) is 65.2 Å². The first-order chi connectivity index (χ1) is 11.2. The standard InChI is InChI=1S/C18H28O6/c1-3-4-12(2)15(20)23-8-14(19)24-18-7-13-5-16(21,10-18)9-17(22,6-13)11-18/h12-13,21-22H,3-11H2,1-2H3. The largest absolute Gasteiger partial charge is 0.456 e. The summed E-state index contributed by atoms with van der Waals surface area (Å²) in [6.07, 6.45) is 4.69. The van der Waals surface area contributed by atoms with Crippen molar-refractivity contribution in [3.63, 3.8) is 0 Å². The van der Waals surface area contributed by atoms with E-state index >= 15 is 0 Å². The molecule has 0 aliphatic heterocycles. The molecular formula is C18H28O6. The summed E-state index contributed by atoms with van der Waals surface area (Å²) in [7, 11) is 0. The molecule has 24 heavy (non-hydrogen) atoms. The molecule has 6 heteroatoms. The zero-order chi connectivity index (χ0) is 17.6. The molecule has 0 heterocycles. The highest BCUT2D eigenvalue weighted by atomic mass is 16.6. The molecule has 0 aromatic heterocycles. The average Bonchev–Trinajstić information content (AvgIpc) is 2.40. The van der Waals surface area contributed by atoms with Gasteiger partial charge in [-0.05, 0) is 31.6 Å². The fourth-order valence-electron chi connectivity index (χ4n) is 5.46. The van der Waals surface area contributed by atoms with Gasteiger partial charge in [0.15, 0.2) is 6.61 Å². The number of carbonyl (C=O) groups excluding carboxylic acids is 2. The molecule has 4 saturated carbocycles. The van der Waals surface area contributed by atoms with Gasteiger partial charge in [0.2, 0.25) is 0 Å². The Balaban J connectivity index is 1.58. The lowest BCUT2D eigenvalue weighted by Gasteiger charge is -2.62. The van der Waals surface area contributed by atoms with Gasteiger partial charge in [-0.1, -0.05) is 20.3 Å². The third-order valence-corrected chi connectivity index (χ3v) is 5.75. The molecule has 4 aliphatic carbocycles. The van der Waals surface area contributed by atoms with Gasteiger partial charge in [0.1, 0.15) is 5.60 Å². The highest BCUT2D eigenvalue weighted by Crippen LogP contribution is 2.60. The van der Waals surface area contributed by atoms with Gasteiger partial charge in [0.25, 0.3) is 0 Å². The van der Waals surface area contributed by atoms with E-state index in [4.69, 9.17) is 9.47 Å². The topological polar surface area (TPSA) is 93.1 Å². The fourth-order valence-corrected chi connectivity index (χ4v) is 5.46. The molecule has 4 bridgehead atoms. The molecule has 3 atom stereocenters. The van der Waals surface area contributed by atoms with Gasteiger partial charge >= 0.3 is 11.9 Å². The molecule has 0 aromatic rings. The number of rotatable bonds is 6. The van der Waals surface area contributed by atoms with Crippen molar-refractivity contribution in [3.05, 3.63) is 0 Å². The van der Waals surface area contributed by atoms with Crippen molar-refractivity contribution in [1.82, 2.24) is 0 Å². The van der Waals surface area contributed by atoms with Crippen LogP contribution in [0.4, 0.5) is 0 Å². The van der Waals surface area contributed by atoms with Crippen LogP contribution in [-0.2, 0) is 19.1 Å². The molecule has 0 radical (unpaired) electrons. The van der Waals surface area contributed by atoms with E-state index in [0.29, 0.717) is 38.5 Å². The summed E-state index contributed by atoms with van der Waals surface area (Å²) in [6, 6.07) is 0. The summed E-state index contributed by atoms with van der Waals surface area (Å²) < 4.78 is 10.7. The molecule has 4 fully saturated rings. The van der Waals surface area contributed by atoms with Crippen molar-refractivity contribution in [3.8, 4) is 0 Å². The van der Waals surface area contributed by atoms with Crippen LogP contribution in [0.3, 0.4) is 0 Å². The molecule has 0 spiro atoms. The predicted molar refractivity (Wildman–Crippen MR) is 84.9 cm³/mol. The van der Waals surface area contributed by atoms with Gasteiger partial charge < -0.3 is 19.7 Å². The number of esters is 2. The third-order valence-electron chi connectivity index (χ3n) is 5.75. The molecule has 4 aliphatic rings. The Morgan fingerprint density at radius 3 is 2.29 bits per heavy atom. The van der Waals surface area contributed by atoms with Crippen molar-refractivity contribution in [1.29, 1.82) is 0 Å². The van der Waals surface area contributed by atoms with E-state index < -0.39 is 35.3 Å². The monoisotopic (exact) mass is 340 g/mol. The van der Waals surface area contributed by atoms with Gasteiger partial charge in [-0.2, -0.15) is 0 Å². The maximum Gasteiger partial charge on any atom is 0.344 e. The van der Waals surface area contributed by atoms with Crippen LogP contribution in [0.25, 0.3) is 0 Å². The molecule has 0 aromatic carbocycles. The lowest BCUT2D eigenvalue weighted by molar-refractivity contribution is -0.262. The molecule has 0 amide bonds. The number of ether oxygens (including phenoxy) is 2. The van der Waals surface area contributed by atoms with Gasteiger partial charge in [-0.25, -0.2) is 4.79 Å². The van der Waals surface area contributed by atoms with Gasteiger partial charge in [-0.3, -0.25) is 4.79 Å². The maximum absolute atomic E-state index is 12.2. The lowest BCUT2D eigenvalue weighted by Crippen LogP contribution is -2.67. The Labute approximate surface area is 142 Å². The smallest absolute Gasteiger partial charge is 0.344 e. The highest BCUT2D eigenvalue weighted by molar-refractivity contribution is 5.77. The highest BCUT2D eigenvalue weighted by Gasteiger charge is 2.64. The van der Waals surface area contributed by atoms with Crippen molar-refractivity contribution in [2.75, 3.05) is 6.61 Å². The first-order valence-electron chi connectivity index (χ1n) is 9.00. The molecule has 3 unspecified atom stereocenters. The number of carbonyl (C=O) groups is 2. The summed E-state index contributed by atoms with van der Waals surface area (Å²) in [5.41, 5.74) is -2.71. The summed E-state index contributed by atoms with van der Waals surface area (Å²) in [5, 5.41) is 21.3. The Bertz CT molecular complexity index is 512. The SMILES string of the molecule is CCCC(C)C(=O)OCC(=O)OC12CC3CC(O)(CC(O)(C3)C1)C2. The van der Waals surface area contributed by atoms with E-state index in [0.717, 1.165) is 12.8 Å². The second-order valence-electron chi connectivity index (χ2n) is 8.41. The van der Waals surface area contributed by atoms with E-state index in [2.05, 4.69) is 0 Å². The van der Waals surface area contributed by atoms with Gasteiger partial charge in [-0.15, -0.1) is 0 Å². The summed E-state index contributed by atoms with van der Waals surface area (Å²) in [6.45, 7) is 3.36. The zero-order valence-electron chi connectivity index (χ0n) is 14.5. The van der Waals surface area contributed by atoms with Crippen LogP contribution in [0.2, 0.25) is 0 Å². The van der Waals surface area contributed by atoms with Crippen LogP contribution < -0.4 is 0 Å². The van der Waals surface area contributed by atoms with Crippen LogP contribution in [0, 0.1) is 11.8 Å². The minimum absolute atomic E-state index is 0.177. The van der Waals surface area contributed by atoms with Crippen LogP contribution in [0.5, 0.6) is 0 Å². The third kappa shape index (κ3) is 3.45. The maximum atomic E-state index is 12.2. The van der Waals surface area contributed by atoms with E-state index in [9.17, 15) is 19.8 Å². The zero-order valence-corrected chi connectivity index (χ0v) is 14.5. The second kappa shape index (κ2) is 5.99. The fraction of sp³-hybridized carbons (Fsp3) is 0.889. The molecular weight excluding hydrogens is 312 g/mol. The average molecular weight is 340 g/mol. The molecule has 0 saturated heterocycles. The Morgan fingerprint density at radius 1 is 1.12 bits per heavy atom. The van der Waals surface area contributed by atoms with Crippen LogP contribution in [0.15, 0.2) is 0 Å². The molecule has 2 N–H and O–H groups in total. The van der Waals surface area contributed by atoms with Crippen LogP contribution in [-0.4, -0.2) is 45.6 Å². The molecule has 136 valence electrons. The minimum Gasteiger partial charge on any atom is -0.456 e. The minimum atomic E-state index is -0.944. The van der Waals surface area contributed by atoms with Crippen molar-refractivity contribution < 1.29 is 29.3 Å². The normalized spacial score (nSPS) is 41.1. The van der Waals surface area contributed by atoms with Crippen molar-refractivity contribution in [2.45, 2.75) is 82.0 Å². The quantitative estimate of drug-likeness (QED) is 0.715. The Hall–Kier alpha value is -1.14. The summed E-state index contributed by atoms with van der Waals surface area (Å²) in [5.74, 6) is -1.04. The number of hydrogen-bond acceptors (Lipinski definition) is 6. The predicted octanol–water partition coefficient (Wildman–Crippen LogP) is 1.71. The van der Waals surface area contributed by atoms with E-state index in [-0.39, 0.29) is 11.8 Å². The number of hydrogen-bond donors (Lipinski definition) is 2. The van der Waals surface area contributed by atoms with Crippen molar-refractivity contribution >= 4 is 11.9 Å². The van der Waals surface area contributed by atoms with E-state index in [1.807, 2.05) is 6.92 Å². The van der Waals surface area contributed by atoms with Gasteiger partial charge in [0, 0.05) is 19.3 Å². The Morgan fingerprint density at radius 2 is 1.75 bits per heavy atom. The van der Waals surface area contributed by atoms with E-state index in [1.165, 1.54) is 0 Å². The van der Waals surface area contributed by atoms with Crippen molar-refractivity contribution in [2.24, 2.45) is 11.8 Å². The second-order valence-corrected chi connectivity index (χ2v) is 8.41. The summed E-state index contributed by atoms with van der Waals surface area (Å²) >= 11 is 0. The van der Waals surface area contributed by atoms with Crippen LogP contribution >= 0.6 is 0 Å². The molecule has 6 nitrogen and oxygen atoms in total. The first-order valence-corrected chi connectivity index (χ1v) is 9.00. The summed E-state index contributed by atoms with van der Waals surface area (Å²) in [4.78, 5) is 24.0. The molecule has 4 rings (SSSR count). The Kier molecular flexibility index (Phi) is 4.41. The van der Waals surface area contributed by atoms with Gasteiger partial charge in [0.05, 0.1) is 17.1 Å².